The van der Waals surface area contributed by atoms with E-state index in [9.17, 15) is 9.50 Å². The van der Waals surface area contributed by atoms with E-state index in [-0.39, 0.29) is 6.10 Å². The highest BCUT2D eigenvalue weighted by atomic mass is 19.1. The molecule has 0 amide bonds. The monoisotopic (exact) mass is 372 g/mol. The van der Waals surface area contributed by atoms with Gasteiger partial charge in [-0.1, -0.05) is 0 Å². The van der Waals surface area contributed by atoms with Gasteiger partial charge in [-0.15, -0.1) is 0 Å². The fourth-order valence-electron chi connectivity index (χ4n) is 4.34. The molecule has 0 bridgehead atoms. The zero-order valence-corrected chi connectivity index (χ0v) is 15.5. The first-order valence-electron chi connectivity index (χ1n) is 9.48. The molecule has 1 aliphatic carbocycles. The maximum absolute atomic E-state index is 13.3. The molecule has 5 nitrogen and oxygen atoms in total. The third-order valence-electron chi connectivity index (χ3n) is 5.72. The van der Waals surface area contributed by atoms with Crippen molar-refractivity contribution >= 4 is 0 Å². The first-order valence-corrected chi connectivity index (χ1v) is 9.48. The number of rotatable bonds is 6. The summed E-state index contributed by atoms with van der Waals surface area (Å²) in [6, 6.07) is 10.8. The summed E-state index contributed by atoms with van der Waals surface area (Å²) < 4.78 is 24.7. The number of nitrogens with zero attached hydrogens (tertiary/aromatic N) is 2. The van der Waals surface area contributed by atoms with E-state index >= 15 is 0 Å². The molecule has 6 heteroatoms. The number of hydrogen-bond acceptors (Lipinski definition) is 5. The van der Waals surface area contributed by atoms with E-state index in [2.05, 4.69) is 9.88 Å². The van der Waals surface area contributed by atoms with Crippen LogP contribution in [-0.4, -0.2) is 47.8 Å². The standard InChI is InChI=1S/C21H25FN2O3/c1-26-17-3-5-18(6-4-17)27-19-10-14-12-24(13-15(14)11-19)9-8-16-2-7-20(25)21(22)23-16/h2-7,14-15,19,25H,8-13H2,1H3/t14-,15+,19+. The van der Waals surface area contributed by atoms with Gasteiger partial charge in [0, 0.05) is 31.7 Å². The lowest BCUT2D eigenvalue weighted by Crippen LogP contribution is -2.26. The van der Waals surface area contributed by atoms with Crippen LogP contribution in [0.4, 0.5) is 4.39 Å². The predicted octanol–water partition coefficient (Wildman–Crippen LogP) is 3.27. The van der Waals surface area contributed by atoms with Crippen LogP contribution in [0.15, 0.2) is 36.4 Å². The van der Waals surface area contributed by atoms with Gasteiger partial charge in [-0.05, 0) is 61.1 Å². The van der Waals surface area contributed by atoms with Gasteiger partial charge in [-0.2, -0.15) is 4.39 Å². The van der Waals surface area contributed by atoms with Gasteiger partial charge in [0.1, 0.15) is 11.5 Å². The Bertz CT molecular complexity index is 769. The molecule has 0 unspecified atom stereocenters. The van der Waals surface area contributed by atoms with Gasteiger partial charge in [0.2, 0.25) is 0 Å². The van der Waals surface area contributed by atoms with E-state index in [1.807, 2.05) is 24.3 Å². The van der Waals surface area contributed by atoms with E-state index in [1.165, 1.54) is 6.07 Å². The highest BCUT2D eigenvalue weighted by Gasteiger charge is 2.41. The van der Waals surface area contributed by atoms with Crippen LogP contribution in [0.5, 0.6) is 17.2 Å². The molecular formula is C21H25FN2O3. The number of likely N-dealkylation sites (tertiary alicyclic amines) is 1. The molecule has 2 heterocycles. The molecule has 1 saturated heterocycles. The number of fused-ring (bicyclic) bond motifs is 1. The van der Waals surface area contributed by atoms with Gasteiger partial charge in [-0.25, -0.2) is 4.98 Å². The number of aromatic hydroxyl groups is 1. The third kappa shape index (κ3) is 4.16. The molecule has 2 aliphatic rings. The lowest BCUT2D eigenvalue weighted by atomic mass is 10.0. The van der Waals surface area contributed by atoms with E-state index in [1.54, 1.807) is 13.2 Å². The summed E-state index contributed by atoms with van der Waals surface area (Å²) in [5.41, 5.74) is 0.683. The minimum absolute atomic E-state index is 0.281. The van der Waals surface area contributed by atoms with Crippen LogP contribution < -0.4 is 9.47 Å². The van der Waals surface area contributed by atoms with E-state index in [0.29, 0.717) is 24.0 Å². The minimum Gasteiger partial charge on any atom is -0.504 e. The van der Waals surface area contributed by atoms with Crippen molar-refractivity contribution in [1.29, 1.82) is 0 Å². The van der Waals surface area contributed by atoms with Gasteiger partial charge in [0.05, 0.1) is 13.2 Å². The molecule has 3 atom stereocenters. The number of hydrogen-bond donors (Lipinski definition) is 1. The summed E-state index contributed by atoms with van der Waals surface area (Å²) in [6.07, 6.45) is 3.14. The Labute approximate surface area is 158 Å². The summed E-state index contributed by atoms with van der Waals surface area (Å²) in [4.78, 5) is 6.24. The molecule has 1 aromatic heterocycles. The molecule has 0 radical (unpaired) electrons. The number of halogens is 1. The van der Waals surface area contributed by atoms with Crippen molar-refractivity contribution in [3.63, 3.8) is 0 Å². The average molecular weight is 372 g/mol. The zero-order valence-electron chi connectivity index (χ0n) is 15.5. The summed E-state index contributed by atoms with van der Waals surface area (Å²) in [5, 5.41) is 9.22. The first kappa shape index (κ1) is 18.0. The highest BCUT2D eigenvalue weighted by Crippen LogP contribution is 2.39. The summed E-state index contributed by atoms with van der Waals surface area (Å²) in [5.74, 6) is 1.89. The van der Waals surface area contributed by atoms with Crippen molar-refractivity contribution in [2.75, 3.05) is 26.7 Å². The Morgan fingerprint density at radius 1 is 1.07 bits per heavy atom. The quantitative estimate of drug-likeness (QED) is 0.789. The normalized spacial score (nSPS) is 24.7. The lowest BCUT2D eigenvalue weighted by Gasteiger charge is -2.19. The Balaban J connectivity index is 1.24. The van der Waals surface area contributed by atoms with Crippen molar-refractivity contribution in [1.82, 2.24) is 9.88 Å². The minimum atomic E-state index is -0.788. The topological polar surface area (TPSA) is 54.8 Å². The lowest BCUT2D eigenvalue weighted by molar-refractivity contribution is 0.185. The Morgan fingerprint density at radius 2 is 1.74 bits per heavy atom. The van der Waals surface area contributed by atoms with Gasteiger partial charge < -0.3 is 19.5 Å². The van der Waals surface area contributed by atoms with E-state index < -0.39 is 11.7 Å². The van der Waals surface area contributed by atoms with Crippen LogP contribution in [0.3, 0.4) is 0 Å². The van der Waals surface area contributed by atoms with Crippen LogP contribution in [0.2, 0.25) is 0 Å². The number of benzene rings is 1. The number of pyridine rings is 1. The molecule has 27 heavy (non-hydrogen) atoms. The summed E-state index contributed by atoms with van der Waals surface area (Å²) in [7, 11) is 1.66. The molecule has 144 valence electrons. The van der Waals surface area contributed by atoms with Crippen LogP contribution in [0.25, 0.3) is 0 Å². The fourth-order valence-corrected chi connectivity index (χ4v) is 4.34. The largest absolute Gasteiger partial charge is 0.504 e. The van der Waals surface area contributed by atoms with Gasteiger partial charge in [0.25, 0.3) is 5.95 Å². The smallest absolute Gasteiger partial charge is 0.255 e. The second-order valence-electron chi connectivity index (χ2n) is 7.53. The van der Waals surface area contributed by atoms with Crippen molar-refractivity contribution in [3.8, 4) is 17.2 Å². The second-order valence-corrected chi connectivity index (χ2v) is 7.53. The molecule has 1 saturated carbocycles. The van der Waals surface area contributed by atoms with Crippen LogP contribution in [-0.2, 0) is 6.42 Å². The average Bonchev–Trinajstić information content (AvgIpc) is 3.21. The molecular weight excluding hydrogens is 347 g/mol. The molecule has 2 aromatic rings. The molecule has 4 rings (SSSR count). The van der Waals surface area contributed by atoms with Crippen LogP contribution in [0.1, 0.15) is 18.5 Å². The Morgan fingerprint density at radius 3 is 2.37 bits per heavy atom. The molecule has 1 N–H and O–H groups in total. The first-order chi connectivity index (χ1) is 13.1. The van der Waals surface area contributed by atoms with Crippen molar-refractivity contribution < 1.29 is 19.0 Å². The molecule has 1 aliphatic heterocycles. The van der Waals surface area contributed by atoms with Crippen LogP contribution in [0, 0.1) is 17.8 Å². The van der Waals surface area contributed by atoms with Gasteiger partial charge in [0.15, 0.2) is 5.75 Å². The SMILES string of the molecule is COc1ccc(O[C@H]2C[C@@H]3CN(CCc4ccc(O)c(F)n4)C[C@@H]3C2)cc1. The Kier molecular flexibility index (Phi) is 5.16. The van der Waals surface area contributed by atoms with Gasteiger partial charge >= 0.3 is 0 Å². The van der Waals surface area contributed by atoms with E-state index in [0.717, 1.165) is 44.0 Å². The maximum atomic E-state index is 13.3. The van der Waals surface area contributed by atoms with Gasteiger partial charge in [-0.3, -0.25) is 0 Å². The predicted molar refractivity (Wildman–Crippen MR) is 99.6 cm³/mol. The van der Waals surface area contributed by atoms with Crippen molar-refractivity contribution in [2.24, 2.45) is 11.8 Å². The maximum Gasteiger partial charge on any atom is 0.255 e. The number of ether oxygens (including phenoxy) is 2. The zero-order chi connectivity index (χ0) is 18.8. The summed E-state index contributed by atoms with van der Waals surface area (Å²) in [6.45, 7) is 3.00. The third-order valence-corrected chi connectivity index (χ3v) is 5.72. The Hall–Kier alpha value is -2.34. The number of methoxy groups -OCH3 is 1. The molecule has 2 fully saturated rings. The number of aromatic nitrogens is 1. The second kappa shape index (κ2) is 7.72. The van der Waals surface area contributed by atoms with Crippen molar-refractivity contribution in [2.45, 2.75) is 25.4 Å². The highest BCUT2D eigenvalue weighted by molar-refractivity contribution is 5.31. The molecule has 1 aromatic carbocycles. The molecule has 0 spiro atoms. The van der Waals surface area contributed by atoms with Crippen LogP contribution >= 0.6 is 0 Å². The fraction of sp³-hybridized carbons (Fsp3) is 0.476. The summed E-state index contributed by atoms with van der Waals surface area (Å²) >= 11 is 0. The van der Waals surface area contributed by atoms with Crippen molar-refractivity contribution in [3.05, 3.63) is 48.0 Å². The van der Waals surface area contributed by atoms with E-state index in [4.69, 9.17) is 9.47 Å².